The van der Waals surface area contributed by atoms with Crippen molar-refractivity contribution in [3.63, 3.8) is 0 Å². The summed E-state index contributed by atoms with van der Waals surface area (Å²) in [4.78, 5) is 2.08. The molecule has 27 heavy (non-hydrogen) atoms. The van der Waals surface area contributed by atoms with E-state index in [4.69, 9.17) is 9.88 Å². The Morgan fingerprint density at radius 2 is 2.07 bits per heavy atom. The Balaban J connectivity index is 2.39. The highest BCUT2D eigenvalue weighted by atomic mass is 32.2. The Kier molecular flexibility index (Phi) is 6.30. The first-order valence-corrected chi connectivity index (χ1v) is 10.0. The van der Waals surface area contributed by atoms with Gasteiger partial charge in [-0.3, -0.25) is 0 Å². The minimum Gasteiger partial charge on any atom is -0.481 e. The smallest absolute Gasteiger partial charge is 0.276 e. The number of nitrogens with two attached hydrogens (primary N) is 1. The number of ether oxygens (including phenoxy) is 1. The molecule has 0 bridgehead atoms. The van der Waals surface area contributed by atoms with Crippen molar-refractivity contribution in [2.45, 2.75) is 32.7 Å². The summed E-state index contributed by atoms with van der Waals surface area (Å²) in [6.07, 6.45) is 1.21. The maximum absolute atomic E-state index is 11.6. The van der Waals surface area contributed by atoms with Crippen LogP contribution in [0.15, 0.2) is 16.7 Å². The topological polar surface area (TPSA) is 117 Å². The highest BCUT2D eigenvalue weighted by Gasteiger charge is 2.31. The second kappa shape index (κ2) is 8.12. The van der Waals surface area contributed by atoms with Crippen molar-refractivity contribution in [3.05, 3.63) is 22.9 Å². The van der Waals surface area contributed by atoms with E-state index in [0.29, 0.717) is 37.4 Å². The molecular weight excluding hydrogens is 368 g/mol. The number of nitriles is 1. The lowest BCUT2D eigenvalue weighted by Gasteiger charge is -2.38. The Morgan fingerprint density at radius 3 is 2.52 bits per heavy atom. The number of aryl methyl sites for hydroxylation is 1. The number of methoxy groups -OCH3 is 1. The predicted octanol–water partition coefficient (Wildman–Crippen LogP) is 1.12. The molecule has 1 aromatic heterocycles. The second-order valence-electron chi connectivity index (χ2n) is 6.54. The number of piperidine rings is 1. The minimum absolute atomic E-state index is 0.167. The molecule has 9 nitrogen and oxygen atoms in total. The highest BCUT2D eigenvalue weighted by Crippen LogP contribution is 2.34. The van der Waals surface area contributed by atoms with Gasteiger partial charge in [0.25, 0.3) is 10.2 Å². The largest absolute Gasteiger partial charge is 0.481 e. The average Bonchev–Trinajstić information content (AvgIpc) is 2.96. The maximum Gasteiger partial charge on any atom is 0.276 e. The van der Waals surface area contributed by atoms with Gasteiger partial charge in [0.05, 0.1) is 30.1 Å². The zero-order chi connectivity index (χ0) is 20.4. The maximum atomic E-state index is 11.6. The van der Waals surface area contributed by atoms with Crippen LogP contribution in [0.25, 0.3) is 5.70 Å². The molecule has 0 aromatic carbocycles. The Labute approximate surface area is 160 Å². The van der Waals surface area contributed by atoms with E-state index in [9.17, 15) is 13.7 Å². The van der Waals surface area contributed by atoms with Crippen LogP contribution in [0.3, 0.4) is 0 Å². The van der Waals surface area contributed by atoms with Crippen molar-refractivity contribution in [1.29, 1.82) is 5.26 Å². The molecule has 0 radical (unpaired) electrons. The van der Waals surface area contributed by atoms with Crippen molar-refractivity contribution in [1.82, 2.24) is 13.9 Å². The molecular formula is C17H26N6O3S. The molecule has 2 rings (SSSR count). The third-order valence-electron chi connectivity index (χ3n) is 4.93. The van der Waals surface area contributed by atoms with E-state index < -0.39 is 10.2 Å². The third-order valence-corrected chi connectivity index (χ3v) is 6.03. The molecule has 0 amide bonds. The summed E-state index contributed by atoms with van der Waals surface area (Å²) < 4.78 is 31.3. The van der Waals surface area contributed by atoms with Crippen LogP contribution >= 0.6 is 0 Å². The van der Waals surface area contributed by atoms with E-state index in [1.54, 1.807) is 18.7 Å². The van der Waals surface area contributed by atoms with Gasteiger partial charge in [-0.2, -0.15) is 27.8 Å². The molecule has 1 aliphatic rings. The Morgan fingerprint density at radius 1 is 1.48 bits per heavy atom. The van der Waals surface area contributed by atoms with Crippen molar-refractivity contribution in [3.8, 4) is 11.9 Å². The van der Waals surface area contributed by atoms with Gasteiger partial charge in [0.15, 0.2) is 0 Å². The Bertz CT molecular complexity index is 889. The first-order valence-electron chi connectivity index (χ1n) is 8.51. The normalized spacial score (nSPS) is 16.9. The fourth-order valence-corrected chi connectivity index (χ4v) is 4.07. The van der Waals surface area contributed by atoms with E-state index in [1.165, 1.54) is 11.4 Å². The Hall–Kier alpha value is -2.35. The molecule has 148 valence electrons. The average molecular weight is 395 g/mol. The minimum atomic E-state index is -3.72. The third kappa shape index (κ3) is 4.16. The molecule has 1 aromatic rings. The SMILES string of the molecule is C=Nn1c(OC)cc(C)c1/C(=C(\C)C#N)N1CCC(N(C)S(N)(=O)=O)CC1. The van der Waals surface area contributed by atoms with Crippen LogP contribution in [0, 0.1) is 18.3 Å². The molecule has 0 unspecified atom stereocenters. The van der Waals surface area contributed by atoms with Crippen LogP contribution in [-0.4, -0.2) is 62.3 Å². The molecule has 0 atom stereocenters. The molecule has 1 saturated heterocycles. The number of hydrogen-bond acceptors (Lipinski definition) is 6. The molecule has 10 heteroatoms. The van der Waals surface area contributed by atoms with E-state index in [0.717, 1.165) is 17.0 Å². The number of allylic oxidation sites excluding steroid dienone is 1. The molecule has 1 fully saturated rings. The summed E-state index contributed by atoms with van der Waals surface area (Å²) in [5.41, 5.74) is 2.95. The molecule has 0 saturated carbocycles. The molecule has 2 heterocycles. The van der Waals surface area contributed by atoms with Crippen molar-refractivity contribution in [2.24, 2.45) is 10.2 Å². The van der Waals surface area contributed by atoms with Gasteiger partial charge in [-0.05, 0) is 32.3 Å². The molecule has 0 spiro atoms. The summed E-state index contributed by atoms with van der Waals surface area (Å²) in [6, 6.07) is 3.90. The molecule has 0 aliphatic carbocycles. The van der Waals surface area contributed by atoms with Gasteiger partial charge < -0.3 is 9.64 Å². The summed E-state index contributed by atoms with van der Waals surface area (Å²) in [5.74, 6) is 0.532. The van der Waals surface area contributed by atoms with Crippen molar-refractivity contribution < 1.29 is 13.2 Å². The fourth-order valence-electron chi connectivity index (χ4n) is 3.44. The van der Waals surface area contributed by atoms with Crippen LogP contribution in [0.4, 0.5) is 0 Å². The van der Waals surface area contributed by atoms with Crippen molar-refractivity contribution >= 4 is 22.6 Å². The predicted molar refractivity (Wildman–Crippen MR) is 104 cm³/mol. The monoisotopic (exact) mass is 394 g/mol. The van der Waals surface area contributed by atoms with Crippen LogP contribution < -0.4 is 9.88 Å². The highest BCUT2D eigenvalue weighted by molar-refractivity contribution is 7.86. The number of hydrogen-bond donors (Lipinski definition) is 1. The van der Waals surface area contributed by atoms with Gasteiger partial charge in [-0.25, -0.2) is 5.14 Å². The van der Waals surface area contributed by atoms with Gasteiger partial charge in [0.2, 0.25) is 5.88 Å². The van der Waals surface area contributed by atoms with Gasteiger partial charge in [-0.1, -0.05) is 0 Å². The van der Waals surface area contributed by atoms with Gasteiger partial charge >= 0.3 is 0 Å². The lowest BCUT2D eigenvalue weighted by molar-refractivity contribution is 0.222. The standard InChI is InChI=1S/C17H26N6O3S/c1-12-10-15(26-5)23(20-3)17(12)16(13(2)11-18)22-8-6-14(7-9-22)21(4)27(19,24)25/h10,14H,3,6-9H2,1-2,4-5H3,(H2,19,24,25)/b16-13-. The van der Waals surface area contributed by atoms with E-state index in [1.807, 2.05) is 13.0 Å². The summed E-state index contributed by atoms with van der Waals surface area (Å²) >= 11 is 0. The quantitative estimate of drug-likeness (QED) is 0.573. The van der Waals surface area contributed by atoms with E-state index in [2.05, 4.69) is 22.8 Å². The van der Waals surface area contributed by atoms with Crippen LogP contribution in [0.2, 0.25) is 0 Å². The lowest BCUT2D eigenvalue weighted by Crippen LogP contribution is -2.47. The van der Waals surface area contributed by atoms with Gasteiger partial charge in [0.1, 0.15) is 0 Å². The number of nitrogens with zero attached hydrogens (tertiary/aromatic N) is 5. The first kappa shape index (κ1) is 21.0. The zero-order valence-electron chi connectivity index (χ0n) is 16.1. The van der Waals surface area contributed by atoms with Crippen LogP contribution in [0.1, 0.15) is 31.0 Å². The zero-order valence-corrected chi connectivity index (χ0v) is 17.0. The molecule has 1 aliphatic heterocycles. The number of aromatic nitrogens is 1. The summed E-state index contributed by atoms with van der Waals surface area (Å²) in [6.45, 7) is 8.46. The fraction of sp³-hybridized carbons (Fsp3) is 0.529. The van der Waals surface area contributed by atoms with Crippen molar-refractivity contribution in [2.75, 3.05) is 27.2 Å². The number of likely N-dealkylation sites (tertiary alicyclic amines) is 1. The van der Waals surface area contributed by atoms with E-state index >= 15 is 0 Å². The van der Waals surface area contributed by atoms with Crippen LogP contribution in [0.5, 0.6) is 5.88 Å². The number of rotatable bonds is 6. The summed E-state index contributed by atoms with van der Waals surface area (Å²) in [5, 5.41) is 18.8. The second-order valence-corrected chi connectivity index (χ2v) is 8.14. The molecule has 2 N–H and O–H groups in total. The van der Waals surface area contributed by atoms with Gasteiger partial charge in [0, 0.05) is 39.0 Å². The lowest BCUT2D eigenvalue weighted by atomic mass is 10.0. The van der Waals surface area contributed by atoms with E-state index in [-0.39, 0.29) is 6.04 Å². The van der Waals surface area contributed by atoms with Crippen LogP contribution in [-0.2, 0) is 10.2 Å². The summed E-state index contributed by atoms with van der Waals surface area (Å²) in [7, 11) is -0.679. The van der Waals surface area contributed by atoms with Gasteiger partial charge in [-0.15, -0.1) is 0 Å². The first-order chi connectivity index (χ1) is 12.6.